The van der Waals surface area contributed by atoms with E-state index in [-0.39, 0.29) is 29.5 Å². The summed E-state index contributed by atoms with van der Waals surface area (Å²) in [4.78, 5) is 20.2. The molecule has 0 spiro atoms. The summed E-state index contributed by atoms with van der Waals surface area (Å²) in [5.41, 5.74) is 7.57. The zero-order valence-corrected chi connectivity index (χ0v) is 19.5. The van der Waals surface area contributed by atoms with E-state index in [1.54, 1.807) is 6.92 Å². The van der Waals surface area contributed by atoms with Crippen molar-refractivity contribution in [2.75, 3.05) is 11.1 Å². The van der Waals surface area contributed by atoms with Crippen molar-refractivity contribution in [2.45, 2.75) is 44.7 Å². The average molecular weight is 469 g/mol. The van der Waals surface area contributed by atoms with E-state index >= 15 is 0 Å². The van der Waals surface area contributed by atoms with Gasteiger partial charge in [0.15, 0.2) is 0 Å². The smallest absolute Gasteiger partial charge is 0.296 e. The Morgan fingerprint density at radius 3 is 2.34 bits per heavy atom. The number of para-hydroxylation sites is 1. The largest absolute Gasteiger partial charge is 0.457 e. The number of carbonyl (C=O) groups excluding carboxylic acids is 1. The first kappa shape index (κ1) is 23.8. The van der Waals surface area contributed by atoms with Crippen molar-refractivity contribution >= 4 is 23.3 Å². The van der Waals surface area contributed by atoms with E-state index in [2.05, 4.69) is 32.4 Å². The highest BCUT2D eigenvalue weighted by Gasteiger charge is 2.24. The fourth-order valence-corrected chi connectivity index (χ4v) is 4.12. The van der Waals surface area contributed by atoms with E-state index < -0.39 is 0 Å². The van der Waals surface area contributed by atoms with Crippen LogP contribution in [-0.2, 0) is 4.79 Å². The van der Waals surface area contributed by atoms with Gasteiger partial charge < -0.3 is 21.1 Å². The predicted molar refractivity (Wildman–Crippen MR) is 137 cm³/mol. The molecule has 2 aromatic carbocycles. The molecule has 1 aromatic heterocycles. The molecule has 35 heavy (non-hydrogen) atoms. The van der Waals surface area contributed by atoms with Crippen LogP contribution in [0.15, 0.2) is 60.9 Å². The van der Waals surface area contributed by atoms with Gasteiger partial charge in [0, 0.05) is 17.6 Å². The van der Waals surface area contributed by atoms with Gasteiger partial charge in [-0.15, -0.1) is 0 Å². The SMILES string of the molecule is CC#CC(=O)NC1CCC(Nc2ncnc(N)c2C(=N)c2ccc(Oc3ccccc3)cc2)CC1. The molecule has 1 fully saturated rings. The van der Waals surface area contributed by atoms with Crippen molar-refractivity contribution in [3.8, 4) is 23.3 Å². The summed E-state index contributed by atoms with van der Waals surface area (Å²) in [5, 5.41) is 15.2. The molecule has 5 N–H and O–H groups in total. The van der Waals surface area contributed by atoms with Crippen LogP contribution in [0.25, 0.3) is 0 Å². The quantitative estimate of drug-likeness (QED) is 0.305. The maximum atomic E-state index is 11.7. The zero-order valence-electron chi connectivity index (χ0n) is 19.5. The molecule has 0 unspecified atom stereocenters. The molecule has 0 bridgehead atoms. The summed E-state index contributed by atoms with van der Waals surface area (Å²) in [7, 11) is 0. The molecule has 4 rings (SSSR count). The molecular formula is C27H28N6O2. The molecule has 1 aliphatic carbocycles. The van der Waals surface area contributed by atoms with Crippen molar-refractivity contribution in [1.29, 1.82) is 5.41 Å². The topological polar surface area (TPSA) is 126 Å². The molecule has 8 heteroatoms. The molecule has 3 aromatic rings. The van der Waals surface area contributed by atoms with Crippen LogP contribution in [0.4, 0.5) is 11.6 Å². The normalized spacial score (nSPS) is 16.9. The third kappa shape index (κ3) is 6.15. The lowest BCUT2D eigenvalue weighted by molar-refractivity contribution is -0.116. The summed E-state index contributed by atoms with van der Waals surface area (Å²) < 4.78 is 5.85. The minimum absolute atomic E-state index is 0.117. The van der Waals surface area contributed by atoms with Crippen molar-refractivity contribution in [3.05, 3.63) is 72.1 Å². The number of carbonyl (C=O) groups is 1. The number of anilines is 2. The highest BCUT2D eigenvalue weighted by molar-refractivity contribution is 6.16. The van der Waals surface area contributed by atoms with E-state index in [1.807, 2.05) is 54.6 Å². The van der Waals surface area contributed by atoms with Crippen LogP contribution in [0.3, 0.4) is 0 Å². The van der Waals surface area contributed by atoms with E-state index in [1.165, 1.54) is 6.33 Å². The number of hydrogen-bond acceptors (Lipinski definition) is 7. The van der Waals surface area contributed by atoms with Crippen LogP contribution in [0.1, 0.15) is 43.7 Å². The molecule has 8 nitrogen and oxygen atoms in total. The van der Waals surface area contributed by atoms with E-state index in [9.17, 15) is 4.79 Å². The number of ether oxygens (including phenoxy) is 1. The highest BCUT2D eigenvalue weighted by atomic mass is 16.5. The Morgan fingerprint density at radius 2 is 1.66 bits per heavy atom. The van der Waals surface area contributed by atoms with E-state index in [0.29, 0.717) is 22.7 Å². The first-order valence-corrected chi connectivity index (χ1v) is 11.6. The van der Waals surface area contributed by atoms with Gasteiger partial charge in [-0.2, -0.15) is 0 Å². The standard InChI is InChI=1S/C27H28N6O2/c1-2-6-23(34)32-19-11-13-20(14-12-19)33-27-24(26(29)30-17-31-27)25(28)18-9-15-22(16-10-18)35-21-7-4-3-5-8-21/h3-5,7-10,15-17,19-20,28H,11-14H2,1H3,(H,32,34)(H3,29,30,31,33). The van der Waals surface area contributed by atoms with E-state index in [4.69, 9.17) is 15.9 Å². The van der Waals surface area contributed by atoms with Crippen molar-refractivity contribution in [1.82, 2.24) is 15.3 Å². The van der Waals surface area contributed by atoms with Crippen LogP contribution in [-0.4, -0.2) is 33.7 Å². The molecule has 0 atom stereocenters. The third-order valence-corrected chi connectivity index (χ3v) is 5.89. The van der Waals surface area contributed by atoms with Gasteiger partial charge in [-0.3, -0.25) is 10.2 Å². The number of rotatable bonds is 7. The second kappa shape index (κ2) is 11.2. The number of nitrogens with zero attached hydrogens (tertiary/aromatic N) is 2. The summed E-state index contributed by atoms with van der Waals surface area (Å²) in [6.07, 6.45) is 4.79. The summed E-state index contributed by atoms with van der Waals surface area (Å²) in [5.74, 6) is 7.12. The lowest BCUT2D eigenvalue weighted by atomic mass is 9.91. The van der Waals surface area contributed by atoms with Gasteiger partial charge in [-0.1, -0.05) is 24.1 Å². The lowest BCUT2D eigenvalue weighted by Crippen LogP contribution is -2.39. The van der Waals surface area contributed by atoms with Crippen molar-refractivity contribution in [3.63, 3.8) is 0 Å². The Bertz CT molecular complexity index is 1240. The zero-order chi connectivity index (χ0) is 24.6. The second-order valence-corrected chi connectivity index (χ2v) is 8.34. The van der Waals surface area contributed by atoms with Crippen LogP contribution in [0.2, 0.25) is 0 Å². The number of nitrogens with one attached hydrogen (secondary N) is 3. The first-order chi connectivity index (χ1) is 17.0. The number of amides is 1. The fraction of sp³-hybridized carbons (Fsp3) is 0.259. The van der Waals surface area contributed by atoms with Crippen molar-refractivity contribution < 1.29 is 9.53 Å². The van der Waals surface area contributed by atoms with E-state index in [0.717, 1.165) is 31.4 Å². The van der Waals surface area contributed by atoms with Crippen LogP contribution in [0.5, 0.6) is 11.5 Å². The Balaban J connectivity index is 1.43. The third-order valence-electron chi connectivity index (χ3n) is 5.89. The molecule has 0 aliphatic heterocycles. The van der Waals surface area contributed by atoms with Gasteiger partial charge in [0.25, 0.3) is 5.91 Å². The number of hydrogen-bond donors (Lipinski definition) is 4. The summed E-state index contributed by atoms with van der Waals surface area (Å²) in [6.45, 7) is 1.65. The van der Waals surface area contributed by atoms with Crippen LogP contribution >= 0.6 is 0 Å². The number of nitrogens with two attached hydrogens (primary N) is 1. The van der Waals surface area contributed by atoms with Gasteiger partial charge in [-0.25, -0.2) is 9.97 Å². The van der Waals surface area contributed by atoms with Gasteiger partial charge in [0.2, 0.25) is 0 Å². The molecule has 0 radical (unpaired) electrons. The highest BCUT2D eigenvalue weighted by Crippen LogP contribution is 2.28. The molecule has 1 aliphatic rings. The molecular weight excluding hydrogens is 440 g/mol. The molecule has 1 saturated carbocycles. The maximum absolute atomic E-state index is 11.7. The minimum Gasteiger partial charge on any atom is -0.457 e. The number of benzene rings is 2. The minimum atomic E-state index is -0.233. The molecule has 1 heterocycles. The molecule has 1 amide bonds. The number of nitrogen functional groups attached to an aromatic ring is 1. The van der Waals surface area contributed by atoms with Gasteiger partial charge in [0.1, 0.15) is 29.5 Å². The second-order valence-electron chi connectivity index (χ2n) is 8.34. The molecule has 178 valence electrons. The summed E-state index contributed by atoms with van der Waals surface area (Å²) in [6, 6.07) is 17.1. The summed E-state index contributed by atoms with van der Waals surface area (Å²) >= 11 is 0. The Kier molecular flexibility index (Phi) is 7.58. The molecule has 0 saturated heterocycles. The van der Waals surface area contributed by atoms with Crippen molar-refractivity contribution in [2.24, 2.45) is 0 Å². The number of aromatic nitrogens is 2. The fourth-order valence-electron chi connectivity index (χ4n) is 4.12. The van der Waals surface area contributed by atoms with Gasteiger partial charge in [-0.05, 0) is 74.9 Å². The first-order valence-electron chi connectivity index (χ1n) is 11.6. The average Bonchev–Trinajstić information content (AvgIpc) is 2.86. The Hall–Kier alpha value is -4.38. The predicted octanol–water partition coefficient (Wildman–Crippen LogP) is 4.13. The van der Waals surface area contributed by atoms with Gasteiger partial charge in [0.05, 0.1) is 11.3 Å². The maximum Gasteiger partial charge on any atom is 0.296 e. The monoisotopic (exact) mass is 468 g/mol. The van der Waals surface area contributed by atoms with Crippen LogP contribution < -0.4 is 21.1 Å². The lowest BCUT2D eigenvalue weighted by Gasteiger charge is -2.30. The Labute approximate surface area is 204 Å². The van der Waals surface area contributed by atoms with Gasteiger partial charge >= 0.3 is 0 Å². The Morgan fingerprint density at radius 1 is 1.00 bits per heavy atom. The van der Waals surface area contributed by atoms with Crippen LogP contribution in [0, 0.1) is 17.3 Å².